The van der Waals surface area contributed by atoms with Gasteiger partial charge in [-0.05, 0) is 62.5 Å². The standard InChI is InChI=1S/C28H24NS.C19H26NSi.Ir/c1-18(2)19(3)21-15-16-29-25(17-21)23-14-13-22(20-9-5-4-6-10-20)27-24-11-7-8-12-26(24)30-28(23)27;1-19(2,3)13-16-12-17(15-10-8-7-9-11-15)20-14-18(16)21(4,5)6;/h4-13,15-19H,1-3H3;7-10,12,14H,13H2,1-6H3;/q2*-1;. The largest absolute Gasteiger partial charge is 0.305 e. The first-order valence-corrected chi connectivity index (χ1v) is 22.5. The van der Waals surface area contributed by atoms with Gasteiger partial charge in [-0.2, -0.15) is 11.3 Å². The second-order valence-electron chi connectivity index (χ2n) is 16.2. The second-order valence-corrected chi connectivity index (χ2v) is 22.3. The minimum Gasteiger partial charge on any atom is -0.305 e. The molecule has 5 heteroatoms. The minimum atomic E-state index is -1.37. The van der Waals surface area contributed by atoms with E-state index < -0.39 is 8.07 Å². The maximum absolute atomic E-state index is 4.75. The summed E-state index contributed by atoms with van der Waals surface area (Å²) in [5.41, 5.74) is 9.77. The van der Waals surface area contributed by atoms with Crippen LogP contribution in [0.4, 0.5) is 0 Å². The van der Waals surface area contributed by atoms with Gasteiger partial charge in [0.15, 0.2) is 0 Å². The third kappa shape index (κ3) is 9.06. The van der Waals surface area contributed by atoms with Crippen molar-refractivity contribution in [3.8, 4) is 33.6 Å². The molecule has 3 aromatic heterocycles. The molecule has 0 aliphatic heterocycles. The van der Waals surface area contributed by atoms with Crippen LogP contribution in [0.15, 0.2) is 116 Å². The topological polar surface area (TPSA) is 25.8 Å². The number of fused-ring (bicyclic) bond motifs is 3. The molecule has 0 saturated carbocycles. The van der Waals surface area contributed by atoms with Crippen LogP contribution >= 0.6 is 11.3 Å². The van der Waals surface area contributed by atoms with E-state index in [0.717, 1.165) is 28.9 Å². The molecule has 1 radical (unpaired) electrons. The molecule has 0 amide bonds. The van der Waals surface area contributed by atoms with Gasteiger partial charge in [0.1, 0.15) is 0 Å². The molecule has 1 atom stereocenters. The average molecular weight is 895 g/mol. The molecule has 0 aliphatic rings. The molecule has 7 rings (SSSR count). The Morgan fingerprint density at radius 2 is 1.50 bits per heavy atom. The summed E-state index contributed by atoms with van der Waals surface area (Å²) in [6.45, 7) is 20.9. The Balaban J connectivity index is 0.000000210. The third-order valence-corrected chi connectivity index (χ3v) is 12.9. The fourth-order valence-corrected chi connectivity index (χ4v) is 9.46. The number of pyridine rings is 2. The fourth-order valence-electron chi connectivity index (χ4n) is 6.65. The van der Waals surface area contributed by atoms with Crippen LogP contribution in [0, 0.1) is 23.5 Å². The maximum Gasteiger partial charge on any atom is 0.0798 e. The van der Waals surface area contributed by atoms with Crippen LogP contribution < -0.4 is 5.19 Å². The molecule has 4 aromatic carbocycles. The average Bonchev–Trinajstić information content (AvgIpc) is 3.50. The molecule has 1 unspecified atom stereocenters. The number of hydrogen-bond acceptors (Lipinski definition) is 3. The Labute approximate surface area is 330 Å². The zero-order valence-corrected chi connectivity index (χ0v) is 36.2. The van der Waals surface area contributed by atoms with E-state index in [-0.39, 0.29) is 25.5 Å². The summed E-state index contributed by atoms with van der Waals surface area (Å²) in [7, 11) is -1.37. The quantitative estimate of drug-likeness (QED) is 0.118. The van der Waals surface area contributed by atoms with E-state index in [2.05, 4.69) is 164 Å². The number of thiophene rings is 1. The van der Waals surface area contributed by atoms with Gasteiger partial charge in [-0.25, -0.2) is 0 Å². The van der Waals surface area contributed by atoms with E-state index in [1.165, 1.54) is 47.6 Å². The summed E-state index contributed by atoms with van der Waals surface area (Å²) in [4.78, 5) is 9.46. The van der Waals surface area contributed by atoms with Gasteiger partial charge >= 0.3 is 0 Å². The van der Waals surface area contributed by atoms with Crippen molar-refractivity contribution in [3.05, 3.63) is 139 Å². The van der Waals surface area contributed by atoms with Crippen LogP contribution in [0.3, 0.4) is 0 Å². The first kappa shape index (κ1) is 39.5. The van der Waals surface area contributed by atoms with Crippen molar-refractivity contribution in [1.82, 2.24) is 9.97 Å². The van der Waals surface area contributed by atoms with E-state index in [0.29, 0.717) is 11.8 Å². The smallest absolute Gasteiger partial charge is 0.0798 e. The third-order valence-electron chi connectivity index (χ3n) is 9.61. The molecule has 2 nitrogen and oxygen atoms in total. The number of nitrogens with zero attached hydrogens (tertiary/aromatic N) is 2. The van der Waals surface area contributed by atoms with Gasteiger partial charge in [-0.3, -0.25) is 0 Å². The Bertz CT molecular complexity index is 2250. The van der Waals surface area contributed by atoms with Crippen molar-refractivity contribution in [2.75, 3.05) is 0 Å². The van der Waals surface area contributed by atoms with Crippen LogP contribution in [0.5, 0.6) is 0 Å². The summed E-state index contributed by atoms with van der Waals surface area (Å²) < 4.78 is 2.57. The molecule has 7 aromatic rings. The Kier molecular flexibility index (Phi) is 12.5. The number of rotatable bonds is 7. The molecule has 0 N–H and O–H groups in total. The number of benzene rings is 4. The Morgan fingerprint density at radius 3 is 2.17 bits per heavy atom. The van der Waals surface area contributed by atoms with Crippen LogP contribution in [-0.4, -0.2) is 18.0 Å². The predicted octanol–water partition coefficient (Wildman–Crippen LogP) is 13.0. The van der Waals surface area contributed by atoms with Crippen molar-refractivity contribution in [2.24, 2.45) is 11.3 Å². The van der Waals surface area contributed by atoms with Gasteiger partial charge in [0.05, 0.1) is 8.07 Å². The van der Waals surface area contributed by atoms with E-state index in [1.807, 2.05) is 35.7 Å². The predicted molar refractivity (Wildman–Crippen MR) is 225 cm³/mol. The summed E-state index contributed by atoms with van der Waals surface area (Å²) in [5.74, 6) is 1.09. The fraction of sp³-hybridized carbons (Fsp3) is 0.277. The number of hydrogen-bond donors (Lipinski definition) is 0. The molecule has 0 saturated heterocycles. The monoisotopic (exact) mass is 895 g/mol. The molecule has 3 heterocycles. The molecule has 269 valence electrons. The molecule has 0 aliphatic carbocycles. The van der Waals surface area contributed by atoms with Crippen molar-refractivity contribution >= 4 is 44.8 Å². The van der Waals surface area contributed by atoms with E-state index in [1.54, 1.807) is 0 Å². The van der Waals surface area contributed by atoms with Crippen LogP contribution in [0.25, 0.3) is 53.8 Å². The number of aromatic nitrogens is 2. The first-order valence-electron chi connectivity index (χ1n) is 18.1. The van der Waals surface area contributed by atoms with Gasteiger partial charge < -0.3 is 9.97 Å². The second kappa shape index (κ2) is 16.5. The molecule has 0 fully saturated rings. The summed E-state index contributed by atoms with van der Waals surface area (Å²) in [6.07, 6.45) is 5.15. The van der Waals surface area contributed by atoms with Crippen LogP contribution in [0.2, 0.25) is 19.6 Å². The van der Waals surface area contributed by atoms with E-state index in [4.69, 9.17) is 9.97 Å². The van der Waals surface area contributed by atoms with Crippen LogP contribution in [0.1, 0.15) is 58.6 Å². The van der Waals surface area contributed by atoms with Gasteiger partial charge in [0.2, 0.25) is 0 Å². The van der Waals surface area contributed by atoms with E-state index >= 15 is 0 Å². The van der Waals surface area contributed by atoms with E-state index in [9.17, 15) is 0 Å². The molecule has 0 bridgehead atoms. The normalized spacial score (nSPS) is 12.3. The maximum atomic E-state index is 4.75. The molecular weight excluding hydrogens is 845 g/mol. The van der Waals surface area contributed by atoms with Crippen LogP contribution in [-0.2, 0) is 26.5 Å². The summed E-state index contributed by atoms with van der Waals surface area (Å²) >= 11 is 1.84. The van der Waals surface area contributed by atoms with Crippen molar-refractivity contribution in [3.63, 3.8) is 0 Å². The SMILES string of the molecule is CC(C)(C)Cc1cc(-c2[c-]cccc2)ncc1[Si](C)(C)C.CC(C)C(C)c1ccnc(-c2[c-]cc(-c3ccccc3)c3c2sc2ccccc23)c1.[Ir]. The van der Waals surface area contributed by atoms with Gasteiger partial charge in [-0.15, -0.1) is 53.6 Å². The van der Waals surface area contributed by atoms with Crippen molar-refractivity contribution < 1.29 is 20.1 Å². The van der Waals surface area contributed by atoms with Crippen molar-refractivity contribution in [2.45, 2.75) is 73.5 Å². The molecular formula is C47H50IrN2SSi-2. The first-order chi connectivity index (χ1) is 24.3. The Hall–Kier alpha value is -3.73. The zero-order chi connectivity index (χ0) is 36.3. The summed E-state index contributed by atoms with van der Waals surface area (Å²) in [6, 6.07) is 43.1. The minimum absolute atomic E-state index is 0. The van der Waals surface area contributed by atoms with Gasteiger partial charge in [-0.1, -0.05) is 149 Å². The van der Waals surface area contributed by atoms with Crippen molar-refractivity contribution in [1.29, 1.82) is 0 Å². The van der Waals surface area contributed by atoms with Gasteiger partial charge in [0.25, 0.3) is 0 Å². The Morgan fingerprint density at radius 1 is 0.788 bits per heavy atom. The van der Waals surface area contributed by atoms with Gasteiger partial charge in [0, 0.05) is 37.2 Å². The molecule has 52 heavy (non-hydrogen) atoms. The zero-order valence-electron chi connectivity index (χ0n) is 32.0. The molecule has 0 spiro atoms. The summed E-state index contributed by atoms with van der Waals surface area (Å²) in [5, 5.41) is 4.09.